The molecule has 0 radical (unpaired) electrons. The topological polar surface area (TPSA) is 82.8 Å². The number of rotatable bonds is 5. The van der Waals surface area contributed by atoms with Gasteiger partial charge >= 0.3 is 0 Å². The van der Waals surface area contributed by atoms with Crippen LogP contribution in [-0.2, 0) is 4.79 Å². The Hall–Kier alpha value is -2.65. The fourth-order valence-corrected chi connectivity index (χ4v) is 3.42. The van der Waals surface area contributed by atoms with Gasteiger partial charge in [0.2, 0.25) is 5.91 Å². The van der Waals surface area contributed by atoms with Crippen LogP contribution in [0.1, 0.15) is 46.6 Å². The molecule has 6 heteroatoms. The van der Waals surface area contributed by atoms with Crippen molar-refractivity contribution in [1.82, 2.24) is 4.98 Å². The van der Waals surface area contributed by atoms with Crippen molar-refractivity contribution in [2.24, 2.45) is 0 Å². The van der Waals surface area contributed by atoms with Crippen molar-refractivity contribution in [3.8, 4) is 6.07 Å². The smallest absolute Gasteiger partial charge is 0.237 e. The van der Waals surface area contributed by atoms with Crippen LogP contribution in [0.2, 0.25) is 0 Å². The molecule has 1 amide bonds. The first-order valence-electron chi connectivity index (χ1n) is 8.21. The minimum atomic E-state index is -0.447. The number of carbonyl (C=O) groups is 2. The quantitative estimate of drug-likeness (QED) is 0.632. The van der Waals surface area contributed by atoms with Crippen LogP contribution >= 0.6 is 11.8 Å². The number of hydrogen-bond acceptors (Lipinski definition) is 5. The summed E-state index contributed by atoms with van der Waals surface area (Å²) in [5.74, 6) is -0.269. The SMILES string of the molecule is CC(=O)c1cccc(NC(=O)[C@H](C)Sc2nc(C)c(C)c(C)c2C#N)c1. The summed E-state index contributed by atoms with van der Waals surface area (Å²) in [6, 6.07) is 9.01. The second-order valence-corrected chi connectivity index (χ2v) is 7.45. The number of aryl methyl sites for hydroxylation is 1. The number of aromatic nitrogens is 1. The third kappa shape index (κ3) is 4.30. The van der Waals surface area contributed by atoms with Crippen molar-refractivity contribution in [2.75, 3.05) is 5.32 Å². The van der Waals surface area contributed by atoms with Crippen LogP contribution in [0.3, 0.4) is 0 Å². The molecule has 0 spiro atoms. The summed E-state index contributed by atoms with van der Waals surface area (Å²) in [5, 5.41) is 12.4. The summed E-state index contributed by atoms with van der Waals surface area (Å²) in [7, 11) is 0. The lowest BCUT2D eigenvalue weighted by Crippen LogP contribution is -2.23. The molecule has 5 nitrogen and oxygen atoms in total. The molecule has 1 heterocycles. The highest BCUT2D eigenvalue weighted by atomic mass is 32.2. The fourth-order valence-electron chi connectivity index (χ4n) is 2.41. The molecule has 2 rings (SSSR count). The number of nitrogens with one attached hydrogen (secondary N) is 1. The Morgan fingerprint density at radius 1 is 1.23 bits per heavy atom. The lowest BCUT2D eigenvalue weighted by atomic mass is 10.1. The molecular formula is C20H21N3O2S. The van der Waals surface area contributed by atoms with E-state index in [1.807, 2.05) is 20.8 Å². The summed E-state index contributed by atoms with van der Waals surface area (Å²) in [4.78, 5) is 28.5. The van der Waals surface area contributed by atoms with Gasteiger partial charge < -0.3 is 5.32 Å². The van der Waals surface area contributed by atoms with E-state index in [1.165, 1.54) is 18.7 Å². The molecule has 2 aromatic rings. The second-order valence-electron chi connectivity index (χ2n) is 6.13. The normalized spacial score (nSPS) is 11.5. The third-order valence-electron chi connectivity index (χ3n) is 4.27. The Morgan fingerprint density at radius 2 is 1.92 bits per heavy atom. The molecule has 1 atom stereocenters. The molecule has 0 saturated carbocycles. The molecule has 1 aromatic carbocycles. The lowest BCUT2D eigenvalue weighted by molar-refractivity contribution is -0.115. The Balaban J connectivity index is 2.19. The van der Waals surface area contributed by atoms with Gasteiger partial charge in [-0.3, -0.25) is 9.59 Å². The van der Waals surface area contributed by atoms with Crippen LogP contribution in [0.25, 0.3) is 0 Å². The number of pyridine rings is 1. The zero-order valence-corrected chi connectivity index (χ0v) is 16.3. The average Bonchev–Trinajstić information content (AvgIpc) is 2.60. The summed E-state index contributed by atoms with van der Waals surface area (Å²) >= 11 is 1.26. The van der Waals surface area contributed by atoms with Gasteiger partial charge in [0.15, 0.2) is 5.78 Å². The molecule has 1 aromatic heterocycles. The first kappa shape index (κ1) is 19.7. The maximum absolute atomic E-state index is 12.5. The van der Waals surface area contributed by atoms with Gasteiger partial charge in [-0.25, -0.2) is 4.98 Å². The molecule has 1 N–H and O–H groups in total. The molecule has 0 unspecified atom stereocenters. The highest BCUT2D eigenvalue weighted by Crippen LogP contribution is 2.29. The van der Waals surface area contributed by atoms with E-state index in [-0.39, 0.29) is 11.7 Å². The molecular weight excluding hydrogens is 346 g/mol. The van der Waals surface area contributed by atoms with Crippen LogP contribution < -0.4 is 5.32 Å². The number of ketones is 1. The minimum Gasteiger partial charge on any atom is -0.325 e. The van der Waals surface area contributed by atoms with E-state index in [1.54, 1.807) is 31.2 Å². The number of amides is 1. The van der Waals surface area contributed by atoms with E-state index >= 15 is 0 Å². The second kappa shape index (κ2) is 8.15. The van der Waals surface area contributed by atoms with Gasteiger partial charge in [-0.05, 0) is 57.9 Å². The zero-order chi connectivity index (χ0) is 19.4. The highest BCUT2D eigenvalue weighted by molar-refractivity contribution is 8.00. The van der Waals surface area contributed by atoms with E-state index in [9.17, 15) is 14.9 Å². The van der Waals surface area contributed by atoms with Gasteiger partial charge in [0, 0.05) is 16.9 Å². The van der Waals surface area contributed by atoms with Crippen LogP contribution in [0.15, 0.2) is 29.3 Å². The van der Waals surface area contributed by atoms with Gasteiger partial charge in [0.05, 0.1) is 10.8 Å². The van der Waals surface area contributed by atoms with E-state index < -0.39 is 5.25 Å². The third-order valence-corrected chi connectivity index (χ3v) is 5.36. The maximum Gasteiger partial charge on any atom is 0.237 e. The molecule has 0 aliphatic heterocycles. The Labute approximate surface area is 157 Å². The largest absolute Gasteiger partial charge is 0.325 e. The van der Waals surface area contributed by atoms with Gasteiger partial charge in [0.1, 0.15) is 11.1 Å². The van der Waals surface area contributed by atoms with Gasteiger partial charge in [-0.15, -0.1) is 0 Å². The van der Waals surface area contributed by atoms with Gasteiger partial charge in [-0.2, -0.15) is 5.26 Å². The highest BCUT2D eigenvalue weighted by Gasteiger charge is 2.20. The summed E-state index contributed by atoms with van der Waals surface area (Å²) in [6.45, 7) is 8.97. The lowest BCUT2D eigenvalue weighted by Gasteiger charge is -2.15. The number of Topliss-reactive ketones (excluding diaryl/α,β-unsaturated/α-hetero) is 1. The van der Waals surface area contributed by atoms with Crippen molar-refractivity contribution in [3.63, 3.8) is 0 Å². The molecule has 26 heavy (non-hydrogen) atoms. The van der Waals surface area contributed by atoms with E-state index in [2.05, 4.69) is 16.4 Å². The number of nitriles is 1. The summed E-state index contributed by atoms with van der Waals surface area (Å²) < 4.78 is 0. The number of hydrogen-bond donors (Lipinski definition) is 1. The maximum atomic E-state index is 12.5. The van der Waals surface area contributed by atoms with E-state index in [4.69, 9.17) is 0 Å². The van der Waals surface area contributed by atoms with Gasteiger partial charge in [-0.1, -0.05) is 23.9 Å². The van der Waals surface area contributed by atoms with Crippen molar-refractivity contribution >= 4 is 29.1 Å². The summed E-state index contributed by atoms with van der Waals surface area (Å²) in [5.41, 5.74) is 4.36. The Morgan fingerprint density at radius 3 is 2.54 bits per heavy atom. The van der Waals surface area contributed by atoms with Crippen molar-refractivity contribution in [2.45, 2.75) is 44.9 Å². The first-order chi connectivity index (χ1) is 12.2. The molecule has 0 bridgehead atoms. The van der Waals surface area contributed by atoms with Crippen molar-refractivity contribution in [3.05, 3.63) is 52.2 Å². The molecule has 0 fully saturated rings. The van der Waals surface area contributed by atoms with Crippen molar-refractivity contribution < 1.29 is 9.59 Å². The number of carbonyl (C=O) groups excluding carboxylic acids is 2. The number of nitrogens with zero attached hydrogens (tertiary/aromatic N) is 2. The average molecular weight is 367 g/mol. The van der Waals surface area contributed by atoms with Crippen LogP contribution in [0, 0.1) is 32.1 Å². The number of thioether (sulfide) groups is 1. The Bertz CT molecular complexity index is 916. The fraction of sp³-hybridized carbons (Fsp3) is 0.300. The number of benzene rings is 1. The standard InChI is InChI=1S/C20H21N3O2S/c1-11-12(2)18(10-21)20(22-13(11)3)26-15(5)19(25)23-17-8-6-7-16(9-17)14(4)24/h6-9,15H,1-5H3,(H,23,25)/t15-/m0/s1. The number of anilines is 1. The molecule has 0 aliphatic rings. The zero-order valence-electron chi connectivity index (χ0n) is 15.5. The molecule has 0 saturated heterocycles. The monoisotopic (exact) mass is 367 g/mol. The first-order valence-corrected chi connectivity index (χ1v) is 9.09. The predicted molar refractivity (Wildman–Crippen MR) is 104 cm³/mol. The Kier molecular flexibility index (Phi) is 6.17. The predicted octanol–water partition coefficient (Wildman–Crippen LogP) is 4.20. The van der Waals surface area contributed by atoms with Gasteiger partial charge in [0.25, 0.3) is 0 Å². The van der Waals surface area contributed by atoms with E-state index in [0.717, 1.165) is 16.8 Å². The molecule has 0 aliphatic carbocycles. The minimum absolute atomic E-state index is 0.0583. The van der Waals surface area contributed by atoms with Crippen molar-refractivity contribution in [1.29, 1.82) is 5.26 Å². The van der Waals surface area contributed by atoms with E-state index in [0.29, 0.717) is 21.8 Å². The molecule has 134 valence electrons. The van der Waals surface area contributed by atoms with Crippen LogP contribution in [0.4, 0.5) is 5.69 Å². The van der Waals surface area contributed by atoms with Crippen LogP contribution in [0.5, 0.6) is 0 Å². The van der Waals surface area contributed by atoms with Crippen LogP contribution in [-0.4, -0.2) is 21.9 Å². The summed E-state index contributed by atoms with van der Waals surface area (Å²) in [6.07, 6.45) is 0.